The number of thioether (sulfide) groups is 1. The molecule has 0 aliphatic carbocycles. The Bertz CT molecular complexity index is 416. The van der Waals surface area contributed by atoms with E-state index in [1.807, 2.05) is 36.0 Å². The first-order chi connectivity index (χ1) is 10.3. The van der Waals surface area contributed by atoms with Gasteiger partial charge in [0, 0.05) is 33.0 Å². The highest BCUT2D eigenvalue weighted by molar-refractivity contribution is 14.0. The van der Waals surface area contributed by atoms with Crippen molar-refractivity contribution in [2.75, 3.05) is 45.9 Å². The minimum Gasteiger partial charge on any atom is -0.491 e. The van der Waals surface area contributed by atoms with E-state index >= 15 is 0 Å². The van der Waals surface area contributed by atoms with Crippen molar-refractivity contribution in [1.82, 2.24) is 10.6 Å². The number of benzene rings is 1. The smallest absolute Gasteiger partial charge is 0.191 e. The molecule has 0 aliphatic heterocycles. The Kier molecular flexibility index (Phi) is 13.5. The van der Waals surface area contributed by atoms with Crippen molar-refractivity contribution in [3.63, 3.8) is 0 Å². The molecule has 126 valence electrons. The Balaban J connectivity index is 0.00000441. The van der Waals surface area contributed by atoms with E-state index in [4.69, 9.17) is 9.47 Å². The van der Waals surface area contributed by atoms with Crippen molar-refractivity contribution in [3.05, 3.63) is 29.8 Å². The minimum atomic E-state index is 0. The van der Waals surface area contributed by atoms with Crippen LogP contribution >= 0.6 is 35.7 Å². The summed E-state index contributed by atoms with van der Waals surface area (Å²) in [6.07, 6.45) is 2.09. The molecule has 0 atom stereocenters. The number of ether oxygens (including phenoxy) is 2. The minimum absolute atomic E-state index is 0. The standard InChI is InChI=1S/C15H25N3O2S.HI/c1-16-15(17-8-11-21-3)18-12-13-4-6-14(7-5-13)20-10-9-19-2;/h4-7H,8-12H2,1-3H3,(H2,16,17,18);1H. The number of rotatable bonds is 9. The van der Waals surface area contributed by atoms with Gasteiger partial charge in [-0.2, -0.15) is 11.8 Å². The third-order valence-corrected chi connectivity index (χ3v) is 3.37. The van der Waals surface area contributed by atoms with E-state index in [1.165, 1.54) is 5.56 Å². The van der Waals surface area contributed by atoms with E-state index in [0.29, 0.717) is 13.2 Å². The van der Waals surface area contributed by atoms with Crippen LogP contribution in [0.15, 0.2) is 29.3 Å². The van der Waals surface area contributed by atoms with Crippen LogP contribution in [0.2, 0.25) is 0 Å². The highest BCUT2D eigenvalue weighted by Gasteiger charge is 1.99. The maximum Gasteiger partial charge on any atom is 0.191 e. The predicted octanol–water partition coefficient (Wildman–Crippen LogP) is 2.36. The van der Waals surface area contributed by atoms with Gasteiger partial charge in [-0.05, 0) is 24.0 Å². The van der Waals surface area contributed by atoms with Crippen LogP contribution in [0.3, 0.4) is 0 Å². The monoisotopic (exact) mass is 439 g/mol. The van der Waals surface area contributed by atoms with Gasteiger partial charge >= 0.3 is 0 Å². The molecule has 0 saturated carbocycles. The molecule has 0 unspecified atom stereocenters. The molecular formula is C15H26IN3O2S. The van der Waals surface area contributed by atoms with Gasteiger partial charge < -0.3 is 20.1 Å². The molecule has 1 rings (SSSR count). The molecule has 7 heteroatoms. The van der Waals surface area contributed by atoms with E-state index in [9.17, 15) is 0 Å². The molecule has 0 fully saturated rings. The van der Waals surface area contributed by atoms with Gasteiger partial charge in [-0.3, -0.25) is 4.99 Å². The van der Waals surface area contributed by atoms with E-state index in [2.05, 4.69) is 21.9 Å². The number of guanidine groups is 1. The summed E-state index contributed by atoms with van der Waals surface area (Å²) in [5.74, 6) is 2.75. The Morgan fingerprint density at radius 1 is 1.18 bits per heavy atom. The van der Waals surface area contributed by atoms with Crippen LogP contribution in [0, 0.1) is 0 Å². The molecule has 1 aromatic rings. The Morgan fingerprint density at radius 3 is 2.50 bits per heavy atom. The second-order valence-electron chi connectivity index (χ2n) is 4.33. The summed E-state index contributed by atoms with van der Waals surface area (Å²) in [5, 5.41) is 6.55. The van der Waals surface area contributed by atoms with Crippen LogP contribution in [0.1, 0.15) is 5.56 Å². The summed E-state index contributed by atoms with van der Waals surface area (Å²) in [7, 11) is 3.44. The Labute approximate surface area is 154 Å². The first-order valence-corrected chi connectivity index (χ1v) is 8.33. The number of hydrogen-bond acceptors (Lipinski definition) is 4. The van der Waals surface area contributed by atoms with Crippen LogP contribution in [0.5, 0.6) is 5.75 Å². The number of hydrogen-bond donors (Lipinski definition) is 2. The highest BCUT2D eigenvalue weighted by atomic mass is 127. The van der Waals surface area contributed by atoms with Crippen molar-refractivity contribution in [3.8, 4) is 5.75 Å². The summed E-state index contributed by atoms with van der Waals surface area (Å²) in [5.41, 5.74) is 1.18. The number of nitrogens with one attached hydrogen (secondary N) is 2. The largest absolute Gasteiger partial charge is 0.491 e. The van der Waals surface area contributed by atoms with Crippen molar-refractivity contribution in [1.29, 1.82) is 0 Å². The summed E-state index contributed by atoms with van der Waals surface area (Å²) in [6, 6.07) is 8.03. The van der Waals surface area contributed by atoms with Crippen LogP contribution in [0.25, 0.3) is 0 Å². The topological polar surface area (TPSA) is 54.9 Å². The fourth-order valence-electron chi connectivity index (χ4n) is 1.62. The van der Waals surface area contributed by atoms with Gasteiger partial charge in [0.2, 0.25) is 0 Å². The fourth-order valence-corrected chi connectivity index (χ4v) is 1.93. The van der Waals surface area contributed by atoms with Crippen molar-refractivity contribution < 1.29 is 9.47 Å². The average molecular weight is 439 g/mol. The van der Waals surface area contributed by atoms with Crippen LogP contribution in [0.4, 0.5) is 0 Å². The molecule has 2 N–H and O–H groups in total. The molecule has 22 heavy (non-hydrogen) atoms. The lowest BCUT2D eigenvalue weighted by molar-refractivity contribution is 0.146. The zero-order valence-electron chi connectivity index (χ0n) is 13.4. The number of nitrogens with zero attached hydrogens (tertiary/aromatic N) is 1. The average Bonchev–Trinajstić information content (AvgIpc) is 2.52. The van der Waals surface area contributed by atoms with Gasteiger partial charge in [-0.25, -0.2) is 0 Å². The van der Waals surface area contributed by atoms with E-state index in [0.717, 1.165) is 30.6 Å². The quantitative estimate of drug-likeness (QED) is 0.268. The number of methoxy groups -OCH3 is 1. The van der Waals surface area contributed by atoms with Crippen molar-refractivity contribution in [2.24, 2.45) is 4.99 Å². The van der Waals surface area contributed by atoms with Crippen LogP contribution in [-0.4, -0.2) is 51.9 Å². The molecule has 0 amide bonds. The second-order valence-corrected chi connectivity index (χ2v) is 5.32. The highest BCUT2D eigenvalue weighted by Crippen LogP contribution is 2.11. The molecule has 0 radical (unpaired) electrons. The van der Waals surface area contributed by atoms with E-state index < -0.39 is 0 Å². The lowest BCUT2D eigenvalue weighted by Crippen LogP contribution is -2.37. The molecule has 5 nitrogen and oxygen atoms in total. The second kappa shape index (κ2) is 14.0. The molecule has 0 bridgehead atoms. The van der Waals surface area contributed by atoms with Gasteiger partial charge in [0.25, 0.3) is 0 Å². The van der Waals surface area contributed by atoms with Crippen molar-refractivity contribution >= 4 is 41.7 Å². The summed E-state index contributed by atoms with van der Waals surface area (Å²) < 4.78 is 10.5. The normalized spacial score (nSPS) is 10.8. The molecular weight excluding hydrogens is 413 g/mol. The molecule has 0 heterocycles. The van der Waals surface area contributed by atoms with Crippen LogP contribution in [-0.2, 0) is 11.3 Å². The third-order valence-electron chi connectivity index (χ3n) is 2.76. The number of aliphatic imine (C=N–C) groups is 1. The fraction of sp³-hybridized carbons (Fsp3) is 0.533. The molecule has 0 spiro atoms. The van der Waals surface area contributed by atoms with Crippen molar-refractivity contribution in [2.45, 2.75) is 6.54 Å². The van der Waals surface area contributed by atoms with Gasteiger partial charge in [-0.15, -0.1) is 24.0 Å². The van der Waals surface area contributed by atoms with Gasteiger partial charge in [0.1, 0.15) is 12.4 Å². The lowest BCUT2D eigenvalue weighted by atomic mass is 10.2. The zero-order chi connectivity index (χ0) is 15.3. The molecule has 1 aromatic carbocycles. The summed E-state index contributed by atoms with van der Waals surface area (Å²) in [6.45, 7) is 2.81. The molecule has 0 saturated heterocycles. The first-order valence-electron chi connectivity index (χ1n) is 6.94. The van der Waals surface area contributed by atoms with Gasteiger partial charge in [-0.1, -0.05) is 12.1 Å². The predicted molar refractivity (Wildman–Crippen MR) is 106 cm³/mol. The SMILES string of the molecule is CN=C(NCCSC)NCc1ccc(OCCOC)cc1.I. The lowest BCUT2D eigenvalue weighted by Gasteiger charge is -2.12. The molecule has 0 aliphatic rings. The van der Waals surface area contributed by atoms with E-state index in [1.54, 1.807) is 14.2 Å². The summed E-state index contributed by atoms with van der Waals surface area (Å²) >= 11 is 1.81. The first kappa shape index (κ1) is 21.3. The molecule has 0 aromatic heterocycles. The Hall–Kier alpha value is -0.670. The zero-order valence-corrected chi connectivity index (χ0v) is 16.6. The third kappa shape index (κ3) is 9.37. The van der Waals surface area contributed by atoms with E-state index in [-0.39, 0.29) is 24.0 Å². The maximum atomic E-state index is 5.53. The Morgan fingerprint density at radius 2 is 1.91 bits per heavy atom. The maximum absolute atomic E-state index is 5.53. The van der Waals surface area contributed by atoms with Gasteiger partial charge in [0.15, 0.2) is 5.96 Å². The number of halogens is 1. The summed E-state index contributed by atoms with van der Waals surface area (Å²) in [4.78, 5) is 4.19. The van der Waals surface area contributed by atoms with Gasteiger partial charge in [0.05, 0.1) is 6.61 Å². The van der Waals surface area contributed by atoms with Crippen LogP contribution < -0.4 is 15.4 Å².